The zero-order valence-corrected chi connectivity index (χ0v) is 59.6. The van der Waals surface area contributed by atoms with Crippen molar-refractivity contribution in [2.45, 2.75) is 106 Å². The summed E-state index contributed by atoms with van der Waals surface area (Å²) in [5.74, 6) is 4.66. The Morgan fingerprint density at radius 1 is 0.750 bits per heavy atom. The number of nitrogens with two attached hydrogens (primary N) is 1. The molecule has 100 heavy (non-hydrogen) atoms. The Kier molecular flexibility index (Phi) is 26.8. The number of amides is 2. The van der Waals surface area contributed by atoms with Crippen LogP contribution in [0.1, 0.15) is 108 Å². The number of carbonyl (C=O) groups excluding carboxylic acids is 2. The van der Waals surface area contributed by atoms with Gasteiger partial charge in [0, 0.05) is 130 Å². The first kappa shape index (κ1) is 73.8. The van der Waals surface area contributed by atoms with Crippen molar-refractivity contribution >= 4 is 51.8 Å². The number of aromatic nitrogens is 10. The number of nitrogen functional groups attached to an aromatic ring is 1. The first-order chi connectivity index (χ1) is 48.3. The molecule has 0 unspecified atom stereocenters. The molecule has 13 rings (SSSR count). The molecule has 10 aromatic rings. The fraction of sp³-hybridized carbons (Fsp3) is 0.347. The van der Waals surface area contributed by atoms with Gasteiger partial charge in [-0.1, -0.05) is 69.3 Å². The number of aliphatic hydroxyl groups is 1. The second kappa shape index (κ2) is 36.4. The molecule has 1 fully saturated rings. The first-order valence-electron chi connectivity index (χ1n) is 33.4. The maximum Gasteiger partial charge on any atom is 0.257 e. The summed E-state index contributed by atoms with van der Waals surface area (Å²) in [6.07, 6.45) is 12.7. The van der Waals surface area contributed by atoms with Crippen LogP contribution in [0, 0.1) is 26.7 Å². The van der Waals surface area contributed by atoms with Crippen LogP contribution in [0.4, 0.5) is 17.7 Å². The molecule has 0 radical (unpaired) electrons. The Balaban J connectivity index is 0.000000146. The summed E-state index contributed by atoms with van der Waals surface area (Å²) in [5, 5.41) is 28.2. The van der Waals surface area contributed by atoms with Gasteiger partial charge in [-0.3, -0.25) is 14.5 Å². The highest BCUT2D eigenvalue weighted by Gasteiger charge is 2.22. The Bertz CT molecular complexity index is 4350. The van der Waals surface area contributed by atoms with Crippen LogP contribution >= 0.6 is 11.3 Å². The predicted octanol–water partition coefficient (Wildman–Crippen LogP) is 12.9. The molecule has 1 saturated heterocycles. The van der Waals surface area contributed by atoms with Crippen LogP contribution in [0.15, 0.2) is 168 Å². The molecule has 0 aliphatic carbocycles. The molecule has 6 aromatic heterocycles. The average molecular weight is 1370 g/mol. The number of para-hydroxylation sites is 1. The van der Waals surface area contributed by atoms with E-state index in [0.717, 1.165) is 122 Å². The highest BCUT2D eigenvalue weighted by atomic mass is 32.1. The summed E-state index contributed by atoms with van der Waals surface area (Å²) in [7, 11) is 5.27. The number of nitrogens with zero attached hydrogens (tertiary/aromatic N) is 15. The van der Waals surface area contributed by atoms with Crippen LogP contribution in [0.2, 0.25) is 0 Å². The number of ether oxygens (including phenoxy) is 3. The Morgan fingerprint density at radius 2 is 1.49 bits per heavy atom. The molecule has 9 heterocycles. The molecule has 0 bridgehead atoms. The van der Waals surface area contributed by atoms with E-state index in [4.69, 9.17) is 19.9 Å². The van der Waals surface area contributed by atoms with E-state index in [-0.39, 0.29) is 43.1 Å². The molecule has 0 saturated carbocycles. The average Bonchev–Trinajstić information content (AvgIpc) is 1.11. The topological polar surface area (TPSA) is 288 Å². The normalized spacial score (nSPS) is 12.9. The summed E-state index contributed by atoms with van der Waals surface area (Å²) in [6.45, 7) is 23.1. The fourth-order valence-corrected chi connectivity index (χ4v) is 11.6. The minimum atomic E-state index is -0.0716. The number of nitrogens with one attached hydrogen (secondary N) is 2. The maximum absolute atomic E-state index is 12.5. The summed E-state index contributed by atoms with van der Waals surface area (Å²) in [6, 6.07) is 36.7. The summed E-state index contributed by atoms with van der Waals surface area (Å²) < 4.78 is 18.0. The van der Waals surface area contributed by atoms with Crippen molar-refractivity contribution in [3.05, 3.63) is 207 Å². The molecule has 3 aliphatic rings. The Labute approximate surface area is 588 Å². The van der Waals surface area contributed by atoms with E-state index in [0.29, 0.717) is 42.5 Å². The number of thiazole rings is 1. The smallest absolute Gasteiger partial charge is 0.257 e. The second-order valence-corrected chi connectivity index (χ2v) is 25.8. The largest absolute Gasteiger partial charge is 0.454 e. The van der Waals surface area contributed by atoms with Crippen molar-refractivity contribution in [3.8, 4) is 39.7 Å². The van der Waals surface area contributed by atoms with Crippen molar-refractivity contribution in [3.63, 3.8) is 0 Å². The number of aliphatic hydroxyl groups excluding tert-OH is 1. The number of azo groups is 1. The zero-order chi connectivity index (χ0) is 71.1. The van der Waals surface area contributed by atoms with Crippen LogP contribution in [0.25, 0.3) is 39.1 Å². The van der Waals surface area contributed by atoms with Gasteiger partial charge in [0.15, 0.2) is 11.5 Å². The van der Waals surface area contributed by atoms with Gasteiger partial charge in [-0.2, -0.15) is 20.3 Å². The highest BCUT2D eigenvalue weighted by molar-refractivity contribution is 7.09. The van der Waals surface area contributed by atoms with E-state index < -0.39 is 0 Å². The maximum atomic E-state index is 12.5. The predicted molar refractivity (Wildman–Crippen MR) is 392 cm³/mol. The zero-order valence-electron chi connectivity index (χ0n) is 58.8. The van der Waals surface area contributed by atoms with Crippen molar-refractivity contribution < 1.29 is 28.9 Å². The molecular formula is C75H90N18O6S. The van der Waals surface area contributed by atoms with E-state index >= 15 is 0 Å². The number of hydrogen-bond acceptors (Lipinski definition) is 22. The van der Waals surface area contributed by atoms with Gasteiger partial charge in [0.25, 0.3) is 11.8 Å². The highest BCUT2D eigenvalue weighted by Crippen LogP contribution is 2.36. The van der Waals surface area contributed by atoms with Crippen LogP contribution in [-0.2, 0) is 35.8 Å². The standard InChI is InChI=1S/C18H25N3O.C17H15NO.C15H20N4OS.C14H16N4O2.C11H14N6O/c1-2-20(15-17-8-12-22-13-9-17)14-16-4-6-18(7-5-16)21-11-3-10-19-21;1-12-6-7-14(10-15(12)11-19)17-9-8-13-4-2-3-5-16(13)18-17;1-9(2)14-16-6-12(10(3)18-14)15(20)19(5)7-13-11(4)17-8-21-13;1-8(2)16-13-6-10(17-14(15)18-13)9-3-4-11-12(5-9)20-7-19-11;1-12-11-13-3-8(4-14-11)7-17(2)10(18)9-5-15-16-6-9/h3-7,10-11,17H,2,8-9,12-15H2,1H3;2-10,19H,11H2,1H3;6,8-9H,7H2,1-5H3;3-6,8H,7H2,1-2H3,(H3,15,16,17,18);3-5H,6-7H2,1-2H3,(H,12,13,14). The fourth-order valence-electron chi connectivity index (χ4n) is 10.8. The third-order valence-corrected chi connectivity index (χ3v) is 17.4. The number of hydrogen-bond donors (Lipinski definition) is 4. The van der Waals surface area contributed by atoms with Gasteiger partial charge in [0.2, 0.25) is 18.7 Å². The lowest BCUT2D eigenvalue weighted by molar-refractivity contribution is -0.126. The van der Waals surface area contributed by atoms with Gasteiger partial charge in [0.1, 0.15) is 11.6 Å². The van der Waals surface area contributed by atoms with E-state index in [1.54, 1.807) is 72.6 Å². The van der Waals surface area contributed by atoms with Gasteiger partial charge in [-0.15, -0.1) is 11.3 Å². The SMILES string of the molecule is CC(C)Nc1cc(-c2ccc3c(c2)OCO3)nc(N)n1.CCN(Cc1ccc(-n2cccn2)cc1)CC1CCOCC1.CNc1ncc(CN(C)C(=O)C2=CN=NC2)cn1.Cc1ccc(-c2ccc3ccccc3n2)cc1CO.Cc1nc(C(C)C)ncc1C(=O)N(C)Cc1scnc1C. The van der Waals surface area contributed by atoms with Crippen molar-refractivity contribution in [1.29, 1.82) is 0 Å². The molecule has 0 spiro atoms. The molecule has 4 aromatic carbocycles. The van der Waals surface area contributed by atoms with Gasteiger partial charge >= 0.3 is 0 Å². The number of fused-ring (bicyclic) bond motifs is 2. The Hall–Kier alpha value is -10.5. The number of anilines is 3. The van der Waals surface area contributed by atoms with Gasteiger partial charge in [-0.05, 0) is 131 Å². The van der Waals surface area contributed by atoms with Crippen molar-refractivity contribution in [2.24, 2.45) is 16.1 Å². The monoisotopic (exact) mass is 1370 g/mol. The van der Waals surface area contributed by atoms with E-state index in [1.807, 2.05) is 132 Å². The summed E-state index contributed by atoms with van der Waals surface area (Å²) >= 11 is 1.56. The van der Waals surface area contributed by atoms with Crippen LogP contribution in [0.3, 0.4) is 0 Å². The number of rotatable bonds is 19. The third kappa shape index (κ3) is 21.0. The minimum absolute atomic E-state index is 0.0596. The minimum Gasteiger partial charge on any atom is -0.454 e. The molecule has 0 atom stereocenters. The number of likely N-dealkylation sites (N-methyl/N-ethyl adjacent to an activating group) is 1. The van der Waals surface area contributed by atoms with Gasteiger partial charge in [0.05, 0.1) is 76.5 Å². The molecule has 522 valence electrons. The van der Waals surface area contributed by atoms with E-state index in [1.165, 1.54) is 31.1 Å². The quantitative estimate of drug-likeness (QED) is 0.0585. The summed E-state index contributed by atoms with van der Waals surface area (Å²) in [4.78, 5) is 65.6. The van der Waals surface area contributed by atoms with Crippen LogP contribution in [-0.4, -0.2) is 148 Å². The van der Waals surface area contributed by atoms with Crippen LogP contribution < -0.4 is 25.8 Å². The lowest BCUT2D eigenvalue weighted by Crippen LogP contribution is -2.32. The molecule has 24 nitrogen and oxygen atoms in total. The van der Waals surface area contributed by atoms with Gasteiger partial charge in [-0.25, -0.2) is 39.6 Å². The summed E-state index contributed by atoms with van der Waals surface area (Å²) in [5.41, 5.74) is 20.5. The van der Waals surface area contributed by atoms with E-state index in [9.17, 15) is 14.7 Å². The second-order valence-electron chi connectivity index (χ2n) is 24.9. The number of pyridine rings is 1. The molecular weight excluding hydrogens is 1280 g/mol. The van der Waals surface area contributed by atoms with Crippen LogP contribution in [0.5, 0.6) is 11.5 Å². The molecule has 2 amide bonds. The van der Waals surface area contributed by atoms with Crippen molar-refractivity contribution in [2.75, 3.05) is 77.2 Å². The van der Waals surface area contributed by atoms with E-state index in [2.05, 4.69) is 114 Å². The van der Waals surface area contributed by atoms with Gasteiger partial charge < -0.3 is 45.5 Å². The molecule has 3 aliphatic heterocycles. The number of carbonyl (C=O) groups is 2. The Morgan fingerprint density at radius 3 is 2.16 bits per heavy atom. The first-order valence-corrected chi connectivity index (χ1v) is 34.3. The van der Waals surface area contributed by atoms with Crippen molar-refractivity contribution in [1.82, 2.24) is 64.4 Å². The lowest BCUT2D eigenvalue weighted by Gasteiger charge is -2.29. The number of aryl methyl sites for hydroxylation is 3. The third-order valence-electron chi connectivity index (χ3n) is 16.5. The molecule has 5 N–H and O–H groups in total. The molecule has 25 heteroatoms. The number of benzene rings is 4. The lowest BCUT2D eigenvalue weighted by atomic mass is 9.99.